The molecule has 0 heterocycles. The van der Waals surface area contributed by atoms with Crippen molar-refractivity contribution in [1.82, 2.24) is 5.32 Å². The number of aliphatic hydroxyl groups excluding tert-OH is 1. The van der Waals surface area contributed by atoms with E-state index in [1.54, 1.807) is 7.11 Å². The maximum absolute atomic E-state index is 10.5. The summed E-state index contributed by atoms with van der Waals surface area (Å²) in [6.45, 7) is 2.71. The maximum atomic E-state index is 10.5. The van der Waals surface area contributed by atoms with Crippen LogP contribution in [0.1, 0.15) is 19.8 Å². The number of carbonyl (C=O) groups excluding carboxylic acids is 1. The Balaban J connectivity index is 3.18. The van der Waals surface area contributed by atoms with E-state index >= 15 is 0 Å². The lowest BCUT2D eigenvalue weighted by Crippen LogP contribution is -2.32. The third-order valence-electron chi connectivity index (χ3n) is 1.58. The van der Waals surface area contributed by atoms with Crippen molar-refractivity contribution in [2.75, 3.05) is 26.9 Å². The van der Waals surface area contributed by atoms with Crippen LogP contribution in [0.25, 0.3) is 0 Å². The van der Waals surface area contributed by atoms with Crippen LogP contribution in [0.3, 0.4) is 0 Å². The maximum Gasteiger partial charge on any atom is 0.217 e. The Morgan fingerprint density at radius 3 is 2.64 bits per heavy atom. The molecular weight excluding hydrogens is 186 g/mol. The first-order valence-electron chi connectivity index (χ1n) is 4.70. The fourth-order valence-corrected chi connectivity index (χ4v) is 0.858. The number of hydrogen-bond acceptors (Lipinski definition) is 4. The van der Waals surface area contributed by atoms with E-state index in [1.165, 1.54) is 6.92 Å². The number of unbranched alkanes of at least 4 members (excludes halogenated alkanes) is 1. The van der Waals surface area contributed by atoms with Crippen molar-refractivity contribution in [2.24, 2.45) is 0 Å². The number of carbonyl (C=O) groups is 1. The zero-order valence-electron chi connectivity index (χ0n) is 8.78. The van der Waals surface area contributed by atoms with Gasteiger partial charge >= 0.3 is 0 Å². The van der Waals surface area contributed by atoms with Crippen LogP contribution in [0.5, 0.6) is 0 Å². The third kappa shape index (κ3) is 9.44. The SMILES string of the molecule is COCCCCO[C@H](O)CNC(C)=O. The molecule has 0 aliphatic carbocycles. The largest absolute Gasteiger partial charge is 0.385 e. The summed E-state index contributed by atoms with van der Waals surface area (Å²) in [5.74, 6) is -0.174. The Kier molecular flexibility index (Phi) is 8.51. The molecule has 0 spiro atoms. The smallest absolute Gasteiger partial charge is 0.217 e. The minimum absolute atomic E-state index is 0.139. The lowest BCUT2D eigenvalue weighted by atomic mass is 10.3. The van der Waals surface area contributed by atoms with E-state index in [-0.39, 0.29) is 12.5 Å². The number of ether oxygens (including phenoxy) is 2. The molecule has 1 atom stereocenters. The molecule has 0 aliphatic rings. The van der Waals surface area contributed by atoms with E-state index in [0.717, 1.165) is 12.8 Å². The predicted octanol–water partition coefficient (Wildman–Crippen LogP) is -0.116. The average Bonchev–Trinajstić information content (AvgIpc) is 2.14. The van der Waals surface area contributed by atoms with Gasteiger partial charge in [-0.1, -0.05) is 0 Å². The lowest BCUT2D eigenvalue weighted by Gasteiger charge is -2.11. The van der Waals surface area contributed by atoms with Crippen LogP contribution in [0.2, 0.25) is 0 Å². The van der Waals surface area contributed by atoms with Gasteiger partial charge in [-0.05, 0) is 12.8 Å². The molecule has 0 saturated carbocycles. The second kappa shape index (κ2) is 8.93. The minimum atomic E-state index is -0.915. The normalized spacial score (nSPS) is 12.5. The minimum Gasteiger partial charge on any atom is -0.385 e. The molecule has 0 bridgehead atoms. The third-order valence-corrected chi connectivity index (χ3v) is 1.58. The van der Waals surface area contributed by atoms with Crippen molar-refractivity contribution in [3.63, 3.8) is 0 Å². The molecule has 5 heteroatoms. The molecule has 0 saturated heterocycles. The van der Waals surface area contributed by atoms with Gasteiger partial charge in [-0.15, -0.1) is 0 Å². The van der Waals surface area contributed by atoms with Crippen molar-refractivity contribution in [2.45, 2.75) is 26.1 Å². The topological polar surface area (TPSA) is 67.8 Å². The molecule has 0 fully saturated rings. The molecule has 0 unspecified atom stereocenters. The molecule has 2 N–H and O–H groups in total. The number of amides is 1. The Hall–Kier alpha value is -0.650. The summed E-state index contributed by atoms with van der Waals surface area (Å²) in [6.07, 6.45) is 0.829. The van der Waals surface area contributed by atoms with Crippen LogP contribution in [0.4, 0.5) is 0 Å². The average molecular weight is 205 g/mol. The van der Waals surface area contributed by atoms with Gasteiger partial charge in [-0.3, -0.25) is 4.79 Å². The molecular formula is C9H19NO4. The lowest BCUT2D eigenvalue weighted by molar-refractivity contribution is -0.125. The quantitative estimate of drug-likeness (QED) is 0.428. The van der Waals surface area contributed by atoms with Gasteiger partial charge in [0.25, 0.3) is 0 Å². The van der Waals surface area contributed by atoms with E-state index in [4.69, 9.17) is 9.47 Å². The monoisotopic (exact) mass is 205 g/mol. The molecule has 5 nitrogen and oxygen atoms in total. The van der Waals surface area contributed by atoms with Gasteiger partial charge in [-0.2, -0.15) is 0 Å². The summed E-state index contributed by atoms with van der Waals surface area (Å²) < 4.78 is 9.88. The van der Waals surface area contributed by atoms with E-state index in [0.29, 0.717) is 13.2 Å². The van der Waals surface area contributed by atoms with Gasteiger partial charge in [0.15, 0.2) is 6.29 Å². The summed E-state index contributed by atoms with van der Waals surface area (Å²) in [7, 11) is 1.65. The van der Waals surface area contributed by atoms with Crippen LogP contribution in [0.15, 0.2) is 0 Å². The summed E-state index contributed by atoms with van der Waals surface area (Å²) in [6, 6.07) is 0. The molecule has 0 aromatic heterocycles. The van der Waals surface area contributed by atoms with Gasteiger partial charge in [-0.25, -0.2) is 0 Å². The van der Waals surface area contributed by atoms with Gasteiger partial charge < -0.3 is 19.9 Å². The molecule has 0 aromatic carbocycles. The van der Waals surface area contributed by atoms with Crippen LogP contribution in [-0.2, 0) is 14.3 Å². The molecule has 0 rings (SSSR count). The number of aliphatic hydroxyl groups is 1. The fraction of sp³-hybridized carbons (Fsp3) is 0.889. The van der Waals surface area contributed by atoms with Crippen molar-refractivity contribution >= 4 is 5.91 Å². The van der Waals surface area contributed by atoms with Crippen molar-refractivity contribution < 1.29 is 19.4 Å². The van der Waals surface area contributed by atoms with E-state index in [2.05, 4.69) is 5.32 Å². The highest BCUT2D eigenvalue weighted by Crippen LogP contribution is 1.93. The Morgan fingerprint density at radius 2 is 2.07 bits per heavy atom. The van der Waals surface area contributed by atoms with E-state index in [1.807, 2.05) is 0 Å². The summed E-state index contributed by atoms with van der Waals surface area (Å²) in [5.41, 5.74) is 0. The molecule has 0 aliphatic heterocycles. The molecule has 1 amide bonds. The predicted molar refractivity (Wildman–Crippen MR) is 51.8 cm³/mol. The number of hydrogen-bond donors (Lipinski definition) is 2. The van der Waals surface area contributed by atoms with Crippen LogP contribution >= 0.6 is 0 Å². The second-order valence-electron chi connectivity index (χ2n) is 2.96. The van der Waals surface area contributed by atoms with E-state index in [9.17, 15) is 9.90 Å². The molecule has 14 heavy (non-hydrogen) atoms. The first-order chi connectivity index (χ1) is 6.66. The van der Waals surface area contributed by atoms with Gasteiger partial charge in [0.05, 0.1) is 6.54 Å². The van der Waals surface area contributed by atoms with Crippen LogP contribution < -0.4 is 5.32 Å². The van der Waals surface area contributed by atoms with E-state index < -0.39 is 6.29 Å². The summed E-state index contributed by atoms with van der Waals surface area (Å²) >= 11 is 0. The first-order valence-corrected chi connectivity index (χ1v) is 4.70. The molecule has 0 aromatic rings. The van der Waals surface area contributed by atoms with Gasteiger partial charge in [0, 0.05) is 27.2 Å². The Morgan fingerprint density at radius 1 is 1.43 bits per heavy atom. The summed E-state index contributed by atoms with van der Waals surface area (Å²) in [4.78, 5) is 10.5. The first kappa shape index (κ1) is 13.4. The Labute approximate surface area is 84.4 Å². The Bertz CT molecular complexity index is 152. The highest BCUT2D eigenvalue weighted by atomic mass is 16.6. The number of rotatable bonds is 8. The van der Waals surface area contributed by atoms with Gasteiger partial charge in [0.2, 0.25) is 5.91 Å². The highest BCUT2D eigenvalue weighted by Gasteiger charge is 2.03. The molecule has 0 radical (unpaired) electrons. The fourth-order valence-electron chi connectivity index (χ4n) is 0.858. The second-order valence-corrected chi connectivity index (χ2v) is 2.96. The summed E-state index contributed by atoms with van der Waals surface area (Å²) in [5, 5.41) is 11.6. The van der Waals surface area contributed by atoms with Crippen molar-refractivity contribution in [3.8, 4) is 0 Å². The van der Waals surface area contributed by atoms with Crippen molar-refractivity contribution in [3.05, 3.63) is 0 Å². The molecule has 84 valence electrons. The zero-order valence-corrected chi connectivity index (χ0v) is 8.78. The van der Waals surface area contributed by atoms with Crippen LogP contribution in [0, 0.1) is 0 Å². The van der Waals surface area contributed by atoms with Gasteiger partial charge in [0.1, 0.15) is 0 Å². The number of nitrogens with one attached hydrogen (secondary N) is 1. The van der Waals surface area contributed by atoms with Crippen molar-refractivity contribution in [1.29, 1.82) is 0 Å². The van der Waals surface area contributed by atoms with Crippen LogP contribution in [-0.4, -0.2) is 44.2 Å². The number of methoxy groups -OCH3 is 1. The highest BCUT2D eigenvalue weighted by molar-refractivity contribution is 5.72. The standard InChI is InChI=1S/C9H19NO4/c1-8(11)10-7-9(12)14-6-4-3-5-13-2/h9,12H,3-7H2,1-2H3,(H,10,11)/t9-/m0/s1. The zero-order chi connectivity index (χ0) is 10.8.